The van der Waals surface area contributed by atoms with Gasteiger partial charge in [-0.25, -0.2) is 17.2 Å². The monoisotopic (exact) mass is 618 g/mol. The molecule has 0 bridgehead atoms. The molecule has 0 heterocycles. The molecule has 3 aromatic carbocycles. The number of benzene rings is 3. The van der Waals surface area contributed by atoms with E-state index in [4.69, 9.17) is 19.6 Å². The van der Waals surface area contributed by atoms with Crippen LogP contribution in [0.1, 0.15) is 41.7 Å². The first kappa shape index (κ1) is 33.3. The summed E-state index contributed by atoms with van der Waals surface area (Å²) in [5.74, 6) is -3.03. The third kappa shape index (κ3) is 10.3. The SMILES string of the molecule is CCOC(=O)CCc1cc(F)c(F)c([C@H](O)COS(=O)(=O)c2ccc(C)cc2)c1.Cc1ccc(S(=O)(=O)Cl)cc1. The Morgan fingerprint density at radius 1 is 0.925 bits per heavy atom. The van der Waals surface area contributed by atoms with Gasteiger partial charge < -0.3 is 9.84 Å². The molecule has 1 N–H and O–H groups in total. The van der Waals surface area contributed by atoms with Gasteiger partial charge in [0.1, 0.15) is 6.10 Å². The highest BCUT2D eigenvalue weighted by Gasteiger charge is 2.22. The summed E-state index contributed by atoms with van der Waals surface area (Å²) in [5.41, 5.74) is 1.66. The fraction of sp³-hybridized carbons (Fsp3) is 0.296. The van der Waals surface area contributed by atoms with E-state index in [2.05, 4.69) is 0 Å². The largest absolute Gasteiger partial charge is 0.466 e. The molecule has 40 heavy (non-hydrogen) atoms. The molecule has 0 fully saturated rings. The molecule has 0 aliphatic carbocycles. The van der Waals surface area contributed by atoms with Crippen LogP contribution in [0, 0.1) is 25.5 Å². The topological polar surface area (TPSA) is 124 Å². The number of esters is 1. The van der Waals surface area contributed by atoms with E-state index in [-0.39, 0.29) is 34.8 Å². The number of hydrogen-bond acceptors (Lipinski definition) is 8. The van der Waals surface area contributed by atoms with Gasteiger partial charge in [-0.2, -0.15) is 8.42 Å². The first-order chi connectivity index (χ1) is 18.6. The van der Waals surface area contributed by atoms with Gasteiger partial charge in [0.25, 0.3) is 19.2 Å². The molecule has 0 radical (unpaired) electrons. The molecule has 13 heteroatoms. The van der Waals surface area contributed by atoms with Crippen LogP contribution in [0.3, 0.4) is 0 Å². The molecule has 0 aliphatic heterocycles. The Balaban J connectivity index is 0.000000425. The molecule has 0 aliphatic rings. The maximum Gasteiger partial charge on any atom is 0.306 e. The Bertz CT molecular complexity index is 1510. The third-order valence-electron chi connectivity index (χ3n) is 5.39. The van der Waals surface area contributed by atoms with Gasteiger partial charge in [-0.15, -0.1) is 0 Å². The molecule has 3 rings (SSSR count). The van der Waals surface area contributed by atoms with Gasteiger partial charge >= 0.3 is 5.97 Å². The first-order valence-electron chi connectivity index (χ1n) is 11.9. The van der Waals surface area contributed by atoms with Crippen LogP contribution >= 0.6 is 10.7 Å². The predicted octanol–water partition coefficient (Wildman–Crippen LogP) is 5.13. The Morgan fingerprint density at radius 3 is 1.95 bits per heavy atom. The van der Waals surface area contributed by atoms with Crippen LogP contribution in [0.4, 0.5) is 8.78 Å². The van der Waals surface area contributed by atoms with E-state index < -0.39 is 55.0 Å². The highest BCUT2D eigenvalue weighted by molar-refractivity contribution is 8.13. The van der Waals surface area contributed by atoms with Crippen molar-refractivity contribution in [3.63, 3.8) is 0 Å². The van der Waals surface area contributed by atoms with Crippen molar-refractivity contribution in [3.05, 3.63) is 94.6 Å². The van der Waals surface area contributed by atoms with Crippen molar-refractivity contribution in [2.45, 2.75) is 49.5 Å². The third-order valence-corrected chi connectivity index (χ3v) is 8.06. The number of aliphatic hydroxyl groups is 1. The van der Waals surface area contributed by atoms with Crippen molar-refractivity contribution in [2.24, 2.45) is 0 Å². The summed E-state index contributed by atoms with van der Waals surface area (Å²) in [6.45, 7) is 4.72. The summed E-state index contributed by atoms with van der Waals surface area (Å²) >= 11 is 0. The Labute approximate surface area is 237 Å². The van der Waals surface area contributed by atoms with Crippen LogP contribution in [0.5, 0.6) is 0 Å². The maximum atomic E-state index is 14.1. The number of carbonyl (C=O) groups is 1. The molecular weight excluding hydrogens is 590 g/mol. The zero-order valence-corrected chi connectivity index (χ0v) is 24.3. The summed E-state index contributed by atoms with van der Waals surface area (Å²) in [4.78, 5) is 11.5. The Hall–Kier alpha value is -2.90. The first-order valence-corrected chi connectivity index (χ1v) is 15.6. The molecular formula is C27H29ClF2O8S2. The van der Waals surface area contributed by atoms with Crippen LogP contribution in [-0.2, 0) is 39.3 Å². The van der Waals surface area contributed by atoms with E-state index in [0.29, 0.717) is 0 Å². The van der Waals surface area contributed by atoms with E-state index in [1.165, 1.54) is 30.3 Å². The number of rotatable bonds is 10. The number of carbonyl (C=O) groups excluding carboxylic acids is 1. The predicted molar refractivity (Wildman–Crippen MR) is 145 cm³/mol. The van der Waals surface area contributed by atoms with Gasteiger partial charge in [-0.05, 0) is 69.2 Å². The average molecular weight is 619 g/mol. The van der Waals surface area contributed by atoms with Crippen LogP contribution in [0.25, 0.3) is 0 Å². The average Bonchev–Trinajstić information content (AvgIpc) is 2.88. The molecule has 0 saturated heterocycles. The molecule has 0 amide bonds. The summed E-state index contributed by atoms with van der Waals surface area (Å²) < 4.78 is 83.4. The number of hydrogen-bond donors (Lipinski definition) is 1. The lowest BCUT2D eigenvalue weighted by atomic mass is 10.0. The second kappa shape index (κ2) is 14.6. The lowest BCUT2D eigenvalue weighted by Crippen LogP contribution is -2.15. The highest BCUT2D eigenvalue weighted by Crippen LogP contribution is 2.24. The van der Waals surface area contributed by atoms with Crippen molar-refractivity contribution in [3.8, 4) is 0 Å². The maximum absolute atomic E-state index is 14.1. The van der Waals surface area contributed by atoms with Gasteiger partial charge in [-0.3, -0.25) is 8.98 Å². The molecule has 0 aromatic heterocycles. The van der Waals surface area contributed by atoms with E-state index in [1.807, 2.05) is 6.92 Å². The second-order valence-corrected chi connectivity index (χ2v) is 12.8. The number of halogens is 3. The summed E-state index contributed by atoms with van der Waals surface area (Å²) in [5, 5.41) is 10.2. The van der Waals surface area contributed by atoms with Crippen LogP contribution in [0.15, 0.2) is 70.5 Å². The zero-order valence-electron chi connectivity index (χ0n) is 21.9. The molecule has 0 spiro atoms. The summed E-state index contributed by atoms with van der Waals surface area (Å²) in [6, 6.07) is 14.3. The number of aryl methyl sites for hydroxylation is 3. The number of aliphatic hydroxyl groups excluding tert-OH is 1. The minimum absolute atomic E-state index is 0.0489. The molecule has 218 valence electrons. The summed E-state index contributed by atoms with van der Waals surface area (Å²) in [6.07, 6.45) is -1.71. The molecule has 1 atom stereocenters. The van der Waals surface area contributed by atoms with Gasteiger partial charge in [0.15, 0.2) is 11.6 Å². The van der Waals surface area contributed by atoms with Gasteiger partial charge in [0.05, 0.1) is 23.0 Å². The lowest BCUT2D eigenvalue weighted by Gasteiger charge is -2.15. The molecule has 0 unspecified atom stereocenters. The minimum atomic E-state index is -4.18. The second-order valence-electron chi connectivity index (χ2n) is 8.60. The van der Waals surface area contributed by atoms with Gasteiger partial charge in [0, 0.05) is 22.7 Å². The van der Waals surface area contributed by atoms with Crippen LogP contribution in [-0.4, -0.2) is 41.1 Å². The molecule has 0 saturated carbocycles. The van der Waals surface area contributed by atoms with E-state index >= 15 is 0 Å². The van der Waals surface area contributed by atoms with Crippen LogP contribution < -0.4 is 0 Å². The van der Waals surface area contributed by atoms with Crippen molar-refractivity contribution < 1.29 is 44.4 Å². The van der Waals surface area contributed by atoms with Gasteiger partial charge in [-0.1, -0.05) is 35.4 Å². The molecule has 8 nitrogen and oxygen atoms in total. The van der Waals surface area contributed by atoms with Crippen molar-refractivity contribution in [2.75, 3.05) is 13.2 Å². The fourth-order valence-corrected chi connectivity index (χ4v) is 4.94. The quantitative estimate of drug-likeness (QED) is 0.188. The van der Waals surface area contributed by atoms with Crippen molar-refractivity contribution >= 4 is 35.8 Å². The fourth-order valence-electron chi connectivity index (χ4n) is 3.25. The Morgan fingerprint density at radius 2 is 1.45 bits per heavy atom. The van der Waals surface area contributed by atoms with Gasteiger partial charge in [0.2, 0.25) is 0 Å². The van der Waals surface area contributed by atoms with E-state index in [9.17, 15) is 35.5 Å². The Kier molecular flexibility index (Phi) is 12.2. The normalized spacial score (nSPS) is 12.3. The summed E-state index contributed by atoms with van der Waals surface area (Å²) in [7, 11) is -2.64. The number of ether oxygens (including phenoxy) is 1. The highest BCUT2D eigenvalue weighted by atomic mass is 35.7. The van der Waals surface area contributed by atoms with Crippen molar-refractivity contribution in [1.29, 1.82) is 0 Å². The van der Waals surface area contributed by atoms with E-state index in [1.54, 1.807) is 38.1 Å². The minimum Gasteiger partial charge on any atom is -0.466 e. The smallest absolute Gasteiger partial charge is 0.306 e. The van der Waals surface area contributed by atoms with Crippen molar-refractivity contribution in [1.82, 2.24) is 0 Å². The standard InChI is InChI=1S/C20H22F2O6S.C7H7ClO2S/c1-3-27-19(24)9-6-14-10-16(20(22)17(21)11-14)18(23)12-28-29(25,26)15-7-4-13(2)5-8-15;1-6-2-4-7(5-3-6)11(8,9)10/h4-5,7-8,10-11,18,23H,3,6,9,12H2,1-2H3;2-5H,1H3/t18-;/m1./s1. The van der Waals surface area contributed by atoms with Crippen LogP contribution in [0.2, 0.25) is 0 Å². The lowest BCUT2D eigenvalue weighted by molar-refractivity contribution is -0.143. The molecule has 3 aromatic rings. The zero-order chi connectivity index (χ0) is 30.1. The van der Waals surface area contributed by atoms with E-state index in [0.717, 1.165) is 17.2 Å².